The van der Waals surface area contributed by atoms with Gasteiger partial charge in [-0.25, -0.2) is 35.1 Å². The summed E-state index contributed by atoms with van der Waals surface area (Å²) in [7, 11) is 1.61. The molecule has 5 nitrogen and oxygen atoms in total. The number of nitriles is 1. The Morgan fingerprint density at radius 3 is 1.26 bits per heavy atom. The third-order valence-electron chi connectivity index (χ3n) is 10.1. The lowest BCUT2D eigenvalue weighted by atomic mass is 9.96. The molecule has 0 aliphatic rings. The first kappa shape index (κ1) is 42.8. The summed E-state index contributed by atoms with van der Waals surface area (Å²) >= 11 is 0. The first-order valence-electron chi connectivity index (χ1n) is 19.0. The zero-order chi connectivity index (χ0) is 44.1. The normalized spacial score (nSPS) is 11.0. The summed E-state index contributed by atoms with van der Waals surface area (Å²) in [6, 6.07) is 36.6. The smallest absolute Gasteiger partial charge is 0.170 e. The maximum atomic E-state index is 14.9. The molecular formula is C49H33F8NO4. The van der Waals surface area contributed by atoms with Crippen molar-refractivity contribution in [1.82, 2.24) is 0 Å². The highest BCUT2D eigenvalue weighted by molar-refractivity contribution is 5.69. The van der Waals surface area contributed by atoms with Crippen LogP contribution in [0.1, 0.15) is 29.5 Å². The molecule has 0 unspecified atom stereocenters. The van der Waals surface area contributed by atoms with Gasteiger partial charge in [-0.3, -0.25) is 0 Å². The number of halogens is 8. The van der Waals surface area contributed by atoms with E-state index in [2.05, 4.69) is 6.07 Å². The number of nitrogens with zero attached hydrogens (tertiary/aromatic N) is 1. The molecule has 0 fully saturated rings. The van der Waals surface area contributed by atoms with Gasteiger partial charge in [-0.05, 0) is 109 Å². The Hall–Kier alpha value is -7.33. The molecule has 0 bridgehead atoms. The van der Waals surface area contributed by atoms with Gasteiger partial charge in [-0.2, -0.15) is 5.26 Å². The molecule has 0 saturated heterocycles. The molecule has 0 aliphatic carbocycles. The molecule has 0 heterocycles. The van der Waals surface area contributed by atoms with E-state index in [1.165, 1.54) is 0 Å². The van der Waals surface area contributed by atoms with Gasteiger partial charge in [0.2, 0.25) is 0 Å². The fourth-order valence-electron chi connectivity index (χ4n) is 6.67. The predicted molar refractivity (Wildman–Crippen MR) is 216 cm³/mol. The van der Waals surface area contributed by atoms with Gasteiger partial charge in [0, 0.05) is 11.1 Å². The quantitative estimate of drug-likeness (QED) is 0.0620. The Morgan fingerprint density at radius 1 is 0.468 bits per heavy atom. The number of hydrogen-bond donors (Lipinski definition) is 0. The fourth-order valence-corrected chi connectivity index (χ4v) is 6.67. The molecule has 0 aliphatic heterocycles. The van der Waals surface area contributed by atoms with E-state index in [1.54, 1.807) is 61.7 Å². The van der Waals surface area contributed by atoms with Crippen LogP contribution in [0.5, 0.6) is 34.5 Å². The number of hydrogen-bond acceptors (Lipinski definition) is 5. The molecule has 62 heavy (non-hydrogen) atoms. The highest BCUT2D eigenvalue weighted by Gasteiger charge is 2.33. The van der Waals surface area contributed by atoms with Crippen molar-refractivity contribution in [3.05, 3.63) is 178 Å². The SMILES string of the molecule is COc1ccc(-c2ccc(Oc3cccc(Oc4ccc(-c5ccc(OCCCCc6c(F)c(F)c(-c7c(F)c(F)c(C)c(F)c7F)c(F)c6F)cc5)cc4)c3C#N)cc2)cc1. The van der Waals surface area contributed by atoms with E-state index in [0.717, 1.165) is 28.0 Å². The summed E-state index contributed by atoms with van der Waals surface area (Å²) in [6.45, 7) is 0.746. The standard InChI is InChI=1S/C49H33F8NO4/c1-27-42(50)46(54)40(47(55)43(27)51)41-48(56)44(52)36(45(53)49(41)57)6-3-4-25-60-33-19-11-29(12-20-33)31-15-23-35(24-16-31)62-39-8-5-7-38(37(39)26-58)61-34-21-13-30(14-22-34)28-9-17-32(59-2)18-10-28/h5,7-24H,3-4,6,25H2,1-2H3. The van der Waals surface area contributed by atoms with Crippen molar-refractivity contribution in [2.45, 2.75) is 26.2 Å². The van der Waals surface area contributed by atoms with E-state index in [4.69, 9.17) is 18.9 Å². The molecular weight excluding hydrogens is 819 g/mol. The van der Waals surface area contributed by atoms with Crippen LogP contribution in [0.4, 0.5) is 35.1 Å². The van der Waals surface area contributed by atoms with E-state index in [1.807, 2.05) is 60.7 Å². The zero-order valence-corrected chi connectivity index (χ0v) is 32.9. The zero-order valence-electron chi connectivity index (χ0n) is 32.9. The van der Waals surface area contributed by atoms with Crippen molar-refractivity contribution < 1.29 is 54.1 Å². The minimum absolute atomic E-state index is 0.0118. The van der Waals surface area contributed by atoms with Crippen LogP contribution in [0.25, 0.3) is 33.4 Å². The second kappa shape index (κ2) is 18.5. The lowest BCUT2D eigenvalue weighted by Gasteiger charge is -2.15. The van der Waals surface area contributed by atoms with Crippen LogP contribution in [-0.2, 0) is 6.42 Å². The third-order valence-corrected chi connectivity index (χ3v) is 10.1. The molecule has 0 N–H and O–H groups in total. The highest BCUT2D eigenvalue weighted by Crippen LogP contribution is 2.39. The summed E-state index contributed by atoms with van der Waals surface area (Å²) in [6.07, 6.45) is -0.346. The molecule has 314 valence electrons. The van der Waals surface area contributed by atoms with Crippen molar-refractivity contribution in [1.29, 1.82) is 5.26 Å². The maximum absolute atomic E-state index is 14.9. The minimum atomic E-state index is -2.19. The monoisotopic (exact) mass is 851 g/mol. The first-order chi connectivity index (χ1) is 29.9. The van der Waals surface area contributed by atoms with E-state index in [9.17, 15) is 40.4 Å². The Labute approximate surface area is 350 Å². The summed E-state index contributed by atoms with van der Waals surface area (Å²) in [5, 5.41) is 10.0. The minimum Gasteiger partial charge on any atom is -0.497 e. The average Bonchev–Trinajstić information content (AvgIpc) is 3.30. The van der Waals surface area contributed by atoms with Gasteiger partial charge in [-0.1, -0.05) is 54.6 Å². The highest BCUT2D eigenvalue weighted by atomic mass is 19.2. The number of rotatable bonds is 14. The van der Waals surface area contributed by atoms with Gasteiger partial charge < -0.3 is 18.9 Å². The summed E-state index contributed by atoms with van der Waals surface area (Å²) in [5.74, 6) is -13.7. The second-order valence-corrected chi connectivity index (χ2v) is 13.9. The molecule has 7 aromatic carbocycles. The summed E-state index contributed by atoms with van der Waals surface area (Å²) in [4.78, 5) is 0. The second-order valence-electron chi connectivity index (χ2n) is 13.9. The van der Waals surface area contributed by atoms with Gasteiger partial charge in [0.05, 0.1) is 24.8 Å². The van der Waals surface area contributed by atoms with Gasteiger partial charge >= 0.3 is 0 Å². The Kier molecular flexibility index (Phi) is 12.8. The van der Waals surface area contributed by atoms with Crippen molar-refractivity contribution >= 4 is 0 Å². The largest absolute Gasteiger partial charge is 0.497 e. The van der Waals surface area contributed by atoms with E-state index in [0.29, 0.717) is 35.7 Å². The van der Waals surface area contributed by atoms with Crippen molar-refractivity contribution in [3.8, 4) is 73.9 Å². The molecule has 0 radical (unpaired) electrons. The van der Waals surface area contributed by atoms with Crippen LogP contribution in [0.15, 0.2) is 115 Å². The molecule has 13 heteroatoms. The Bertz CT molecular complexity index is 2730. The Morgan fingerprint density at radius 2 is 0.855 bits per heavy atom. The predicted octanol–water partition coefficient (Wildman–Crippen LogP) is 14.0. The molecule has 0 atom stereocenters. The van der Waals surface area contributed by atoms with Crippen LogP contribution in [0.3, 0.4) is 0 Å². The number of benzene rings is 7. The third kappa shape index (κ3) is 8.76. The van der Waals surface area contributed by atoms with Crippen molar-refractivity contribution in [2.24, 2.45) is 0 Å². The fraction of sp³-hybridized carbons (Fsp3) is 0.122. The van der Waals surface area contributed by atoms with Gasteiger partial charge in [0.15, 0.2) is 46.5 Å². The lowest BCUT2D eigenvalue weighted by molar-refractivity contribution is 0.306. The molecule has 0 amide bonds. The van der Waals surface area contributed by atoms with E-state index < -0.39 is 75.2 Å². The van der Waals surface area contributed by atoms with Gasteiger partial charge in [-0.15, -0.1) is 0 Å². The maximum Gasteiger partial charge on any atom is 0.170 e. The summed E-state index contributed by atoms with van der Waals surface area (Å²) in [5.41, 5.74) is -2.02. The molecule has 0 saturated carbocycles. The van der Waals surface area contributed by atoms with Gasteiger partial charge in [0.1, 0.15) is 46.1 Å². The van der Waals surface area contributed by atoms with Crippen LogP contribution < -0.4 is 18.9 Å². The van der Waals surface area contributed by atoms with E-state index in [-0.39, 0.29) is 25.0 Å². The van der Waals surface area contributed by atoms with Crippen molar-refractivity contribution in [3.63, 3.8) is 0 Å². The Balaban J connectivity index is 0.927. The van der Waals surface area contributed by atoms with Crippen LogP contribution in [-0.4, -0.2) is 13.7 Å². The average molecular weight is 852 g/mol. The lowest BCUT2D eigenvalue weighted by Crippen LogP contribution is -2.11. The van der Waals surface area contributed by atoms with Gasteiger partial charge in [0.25, 0.3) is 0 Å². The molecule has 0 spiro atoms. The number of ether oxygens (including phenoxy) is 4. The molecule has 7 aromatic rings. The van der Waals surface area contributed by atoms with Crippen LogP contribution in [0.2, 0.25) is 0 Å². The van der Waals surface area contributed by atoms with Crippen molar-refractivity contribution in [2.75, 3.05) is 13.7 Å². The summed E-state index contributed by atoms with van der Waals surface area (Å²) < 4.78 is 140. The van der Waals surface area contributed by atoms with Crippen LogP contribution >= 0.6 is 0 Å². The molecule has 0 aromatic heterocycles. The van der Waals surface area contributed by atoms with E-state index >= 15 is 0 Å². The van der Waals surface area contributed by atoms with Crippen LogP contribution in [0, 0.1) is 64.8 Å². The number of unbranched alkanes of at least 4 members (excludes halogenated alkanes) is 1. The topological polar surface area (TPSA) is 60.7 Å². The molecule has 7 rings (SSSR count). The number of methoxy groups -OCH3 is 1. The first-order valence-corrected chi connectivity index (χ1v) is 19.0.